The van der Waals surface area contributed by atoms with Crippen LogP contribution in [0, 0.1) is 0 Å². The number of halogens is 1. The molecule has 4 heteroatoms. The molecule has 0 fully saturated rings. The van der Waals surface area contributed by atoms with Crippen molar-refractivity contribution in [3.63, 3.8) is 0 Å². The third kappa shape index (κ3) is 2.28. The van der Waals surface area contributed by atoms with Crippen molar-refractivity contribution in [1.82, 2.24) is 4.98 Å². The van der Waals surface area contributed by atoms with Gasteiger partial charge in [0.2, 0.25) is 0 Å². The highest BCUT2D eigenvalue weighted by Crippen LogP contribution is 2.28. The van der Waals surface area contributed by atoms with Crippen LogP contribution >= 0.6 is 11.6 Å². The molecule has 0 aliphatic heterocycles. The van der Waals surface area contributed by atoms with E-state index in [1.807, 2.05) is 13.8 Å². The van der Waals surface area contributed by atoms with Gasteiger partial charge in [0.05, 0.1) is 6.20 Å². The van der Waals surface area contributed by atoms with Crippen LogP contribution in [0.3, 0.4) is 0 Å². The maximum atomic E-state index is 5.60. The van der Waals surface area contributed by atoms with Gasteiger partial charge in [0.1, 0.15) is 5.60 Å². The number of alkyl halides is 1. The van der Waals surface area contributed by atoms with Gasteiger partial charge < -0.3 is 9.15 Å². The van der Waals surface area contributed by atoms with Gasteiger partial charge in [-0.2, -0.15) is 0 Å². The molecular formula is C10H16ClNO2. The molecule has 1 aromatic rings. The summed E-state index contributed by atoms with van der Waals surface area (Å²) in [6.45, 7) is 4.03. The van der Waals surface area contributed by atoms with Crippen LogP contribution in [0.15, 0.2) is 10.6 Å². The topological polar surface area (TPSA) is 35.3 Å². The van der Waals surface area contributed by atoms with Gasteiger partial charge >= 0.3 is 0 Å². The van der Waals surface area contributed by atoms with E-state index in [4.69, 9.17) is 20.8 Å². The first-order valence-corrected chi connectivity index (χ1v) is 5.26. The third-order valence-corrected chi connectivity index (χ3v) is 2.70. The average Bonchev–Trinajstić information content (AvgIpc) is 2.66. The quantitative estimate of drug-likeness (QED) is 0.712. The Morgan fingerprint density at radius 1 is 1.64 bits per heavy atom. The lowest BCUT2D eigenvalue weighted by atomic mass is 10.0. The molecule has 0 radical (unpaired) electrons. The second kappa shape index (κ2) is 4.80. The molecule has 1 aromatic heterocycles. The Hall–Kier alpha value is -0.540. The number of oxazole rings is 1. The normalized spacial score (nSPS) is 15.4. The summed E-state index contributed by atoms with van der Waals surface area (Å²) in [6.07, 6.45) is 3.22. The van der Waals surface area contributed by atoms with Gasteiger partial charge in [-0.3, -0.25) is 0 Å². The van der Waals surface area contributed by atoms with Crippen molar-refractivity contribution in [2.75, 3.05) is 13.0 Å². The minimum absolute atomic E-state index is 0.377. The number of rotatable bonds is 5. The Balaban J connectivity index is 2.84. The highest BCUT2D eigenvalue weighted by atomic mass is 35.5. The molecule has 0 amide bonds. The zero-order valence-electron chi connectivity index (χ0n) is 8.84. The monoisotopic (exact) mass is 217 g/mol. The van der Waals surface area contributed by atoms with E-state index in [1.165, 1.54) is 0 Å². The van der Waals surface area contributed by atoms with E-state index in [2.05, 4.69) is 4.98 Å². The Bertz CT molecular complexity index is 281. The van der Waals surface area contributed by atoms with Crippen molar-refractivity contribution in [3.8, 4) is 0 Å². The fraction of sp³-hybridized carbons (Fsp3) is 0.700. The van der Waals surface area contributed by atoms with Crippen molar-refractivity contribution in [3.05, 3.63) is 17.8 Å². The minimum Gasteiger partial charge on any atom is -0.443 e. The molecule has 0 saturated heterocycles. The average molecular weight is 218 g/mol. The molecule has 14 heavy (non-hydrogen) atoms. The SMILES string of the molecule is CCC(C)(OC)c1cnc(CCCl)o1. The number of nitrogens with zero attached hydrogens (tertiary/aromatic N) is 1. The second-order valence-corrected chi connectivity index (χ2v) is 3.72. The van der Waals surface area contributed by atoms with Gasteiger partial charge in [-0.1, -0.05) is 6.92 Å². The largest absolute Gasteiger partial charge is 0.443 e. The summed E-state index contributed by atoms with van der Waals surface area (Å²) in [5, 5.41) is 0. The molecule has 1 heterocycles. The van der Waals surface area contributed by atoms with E-state index >= 15 is 0 Å². The summed E-state index contributed by atoms with van der Waals surface area (Å²) in [4.78, 5) is 4.14. The third-order valence-electron chi connectivity index (χ3n) is 2.51. The van der Waals surface area contributed by atoms with Crippen molar-refractivity contribution in [2.24, 2.45) is 0 Å². The highest BCUT2D eigenvalue weighted by molar-refractivity contribution is 6.17. The molecule has 0 aliphatic rings. The van der Waals surface area contributed by atoms with Crippen LogP contribution in [-0.4, -0.2) is 18.0 Å². The van der Waals surface area contributed by atoms with E-state index in [0.717, 1.165) is 12.2 Å². The fourth-order valence-corrected chi connectivity index (χ4v) is 1.33. The Labute approximate surface area is 89.4 Å². The summed E-state index contributed by atoms with van der Waals surface area (Å²) in [5.74, 6) is 1.96. The number of methoxy groups -OCH3 is 1. The zero-order chi connectivity index (χ0) is 10.6. The fourth-order valence-electron chi connectivity index (χ4n) is 1.17. The number of aromatic nitrogens is 1. The maximum Gasteiger partial charge on any atom is 0.195 e. The molecule has 3 nitrogen and oxygen atoms in total. The standard InChI is InChI=1S/C10H16ClNO2/c1-4-10(2,13-3)8-7-12-9(14-8)5-6-11/h7H,4-6H2,1-3H3. The second-order valence-electron chi connectivity index (χ2n) is 3.35. The summed E-state index contributed by atoms with van der Waals surface area (Å²) >= 11 is 5.60. The molecule has 0 aromatic carbocycles. The van der Waals surface area contributed by atoms with Gasteiger partial charge in [-0.25, -0.2) is 4.98 Å². The lowest BCUT2D eigenvalue weighted by Gasteiger charge is -2.23. The molecule has 1 unspecified atom stereocenters. The summed E-state index contributed by atoms with van der Waals surface area (Å²) in [6, 6.07) is 0. The van der Waals surface area contributed by atoms with Crippen LogP contribution in [0.2, 0.25) is 0 Å². The first kappa shape index (κ1) is 11.5. The van der Waals surface area contributed by atoms with Crippen LogP contribution in [0.25, 0.3) is 0 Å². The van der Waals surface area contributed by atoms with Gasteiger partial charge in [0.15, 0.2) is 11.7 Å². The highest BCUT2D eigenvalue weighted by Gasteiger charge is 2.28. The van der Waals surface area contributed by atoms with Crippen LogP contribution in [0.5, 0.6) is 0 Å². The predicted octanol–water partition coefficient (Wildman–Crippen LogP) is 2.73. The number of hydrogen-bond acceptors (Lipinski definition) is 3. The molecule has 0 saturated carbocycles. The van der Waals surface area contributed by atoms with E-state index in [1.54, 1.807) is 13.3 Å². The Morgan fingerprint density at radius 2 is 2.36 bits per heavy atom. The zero-order valence-corrected chi connectivity index (χ0v) is 9.60. The Morgan fingerprint density at radius 3 is 2.86 bits per heavy atom. The minimum atomic E-state index is -0.377. The van der Waals surface area contributed by atoms with Crippen LogP contribution in [0.1, 0.15) is 31.9 Å². The van der Waals surface area contributed by atoms with Crippen LogP contribution in [-0.2, 0) is 16.8 Å². The molecule has 0 aliphatic carbocycles. The van der Waals surface area contributed by atoms with Crippen molar-refractivity contribution in [2.45, 2.75) is 32.3 Å². The van der Waals surface area contributed by atoms with E-state index in [9.17, 15) is 0 Å². The van der Waals surface area contributed by atoms with E-state index in [0.29, 0.717) is 18.2 Å². The van der Waals surface area contributed by atoms with Gasteiger partial charge in [0.25, 0.3) is 0 Å². The van der Waals surface area contributed by atoms with Crippen molar-refractivity contribution >= 4 is 11.6 Å². The predicted molar refractivity (Wildman–Crippen MR) is 55.6 cm³/mol. The summed E-state index contributed by atoms with van der Waals surface area (Å²) < 4.78 is 10.9. The summed E-state index contributed by atoms with van der Waals surface area (Å²) in [5.41, 5.74) is -0.377. The van der Waals surface area contributed by atoms with Gasteiger partial charge in [-0.05, 0) is 13.3 Å². The first-order chi connectivity index (χ1) is 6.66. The molecular weight excluding hydrogens is 202 g/mol. The van der Waals surface area contributed by atoms with Gasteiger partial charge in [-0.15, -0.1) is 11.6 Å². The van der Waals surface area contributed by atoms with Crippen molar-refractivity contribution in [1.29, 1.82) is 0 Å². The van der Waals surface area contributed by atoms with Crippen LogP contribution < -0.4 is 0 Å². The van der Waals surface area contributed by atoms with E-state index in [-0.39, 0.29) is 5.60 Å². The van der Waals surface area contributed by atoms with Gasteiger partial charge in [0, 0.05) is 19.4 Å². The van der Waals surface area contributed by atoms with E-state index < -0.39 is 0 Å². The number of ether oxygens (including phenoxy) is 1. The maximum absolute atomic E-state index is 5.60. The molecule has 0 spiro atoms. The van der Waals surface area contributed by atoms with Crippen LogP contribution in [0.4, 0.5) is 0 Å². The summed E-state index contributed by atoms with van der Waals surface area (Å²) in [7, 11) is 1.67. The lowest BCUT2D eigenvalue weighted by Crippen LogP contribution is -2.22. The molecule has 1 rings (SSSR count). The smallest absolute Gasteiger partial charge is 0.195 e. The Kier molecular flexibility index (Phi) is 3.96. The number of hydrogen-bond donors (Lipinski definition) is 0. The molecule has 1 atom stereocenters. The lowest BCUT2D eigenvalue weighted by molar-refractivity contribution is -0.0196. The molecule has 80 valence electrons. The number of aryl methyl sites for hydroxylation is 1. The molecule has 0 N–H and O–H groups in total. The molecule has 0 bridgehead atoms. The first-order valence-electron chi connectivity index (χ1n) is 4.72. The van der Waals surface area contributed by atoms with Crippen molar-refractivity contribution < 1.29 is 9.15 Å².